The van der Waals surface area contributed by atoms with Gasteiger partial charge in [-0.25, -0.2) is 9.97 Å². The van der Waals surface area contributed by atoms with E-state index >= 15 is 0 Å². The molecule has 1 aliphatic heterocycles. The second kappa shape index (κ2) is 5.63. The first kappa shape index (κ1) is 13.1. The first-order chi connectivity index (χ1) is 9.81. The minimum Gasteiger partial charge on any atom is -0.370 e. The van der Waals surface area contributed by atoms with Gasteiger partial charge in [0.05, 0.1) is 11.0 Å². The fourth-order valence-electron chi connectivity index (χ4n) is 2.76. The molecule has 5 heteroatoms. The van der Waals surface area contributed by atoms with Crippen LogP contribution in [0.1, 0.15) is 12.8 Å². The largest absolute Gasteiger partial charge is 0.370 e. The molecule has 0 unspecified atom stereocenters. The van der Waals surface area contributed by atoms with Crippen LogP contribution in [0.4, 0.5) is 11.6 Å². The molecule has 0 bridgehead atoms. The molecule has 0 atom stereocenters. The number of piperidine rings is 1. The summed E-state index contributed by atoms with van der Waals surface area (Å²) in [6.07, 6.45) is 2.27. The van der Waals surface area contributed by atoms with Gasteiger partial charge in [-0.2, -0.15) is 0 Å². The summed E-state index contributed by atoms with van der Waals surface area (Å²) in [5.74, 6) is 2.47. The monoisotopic (exact) mass is 271 g/mol. The zero-order valence-corrected chi connectivity index (χ0v) is 11.8. The van der Waals surface area contributed by atoms with Crippen LogP contribution >= 0.6 is 0 Å². The van der Waals surface area contributed by atoms with Crippen molar-refractivity contribution in [2.45, 2.75) is 12.8 Å². The van der Waals surface area contributed by atoms with Crippen molar-refractivity contribution >= 4 is 22.7 Å². The van der Waals surface area contributed by atoms with Crippen LogP contribution in [0.25, 0.3) is 11.0 Å². The minimum absolute atomic E-state index is 0.651. The number of rotatable bonds is 3. The van der Waals surface area contributed by atoms with E-state index in [2.05, 4.69) is 15.2 Å². The Kier molecular flexibility index (Phi) is 3.69. The van der Waals surface area contributed by atoms with Gasteiger partial charge in [-0.15, -0.1) is 0 Å². The summed E-state index contributed by atoms with van der Waals surface area (Å²) in [6, 6.07) is 7.99. The third-order valence-electron chi connectivity index (χ3n) is 4.04. The first-order valence-corrected chi connectivity index (χ1v) is 7.21. The van der Waals surface area contributed by atoms with Crippen molar-refractivity contribution in [2.24, 2.45) is 11.7 Å². The number of fused-ring (bicyclic) bond motifs is 1. The highest BCUT2D eigenvalue weighted by molar-refractivity contribution is 5.80. The minimum atomic E-state index is 0.651. The van der Waals surface area contributed by atoms with Crippen LogP contribution in [0.15, 0.2) is 24.3 Å². The van der Waals surface area contributed by atoms with E-state index in [4.69, 9.17) is 10.7 Å². The van der Waals surface area contributed by atoms with Gasteiger partial charge in [0.1, 0.15) is 0 Å². The quantitative estimate of drug-likeness (QED) is 0.891. The van der Waals surface area contributed by atoms with Crippen LogP contribution in [0, 0.1) is 5.92 Å². The summed E-state index contributed by atoms with van der Waals surface area (Å²) in [6.45, 7) is 2.79. The Labute approximate surface area is 119 Å². The summed E-state index contributed by atoms with van der Waals surface area (Å²) < 4.78 is 0. The number of aromatic nitrogens is 2. The predicted octanol–water partition coefficient (Wildman–Crippen LogP) is 1.85. The van der Waals surface area contributed by atoms with Crippen molar-refractivity contribution in [3.8, 4) is 0 Å². The van der Waals surface area contributed by atoms with Crippen LogP contribution in [-0.2, 0) is 0 Å². The van der Waals surface area contributed by atoms with E-state index in [1.807, 2.05) is 31.3 Å². The lowest BCUT2D eigenvalue weighted by atomic mass is 9.97. The highest BCUT2D eigenvalue weighted by Gasteiger charge is 2.22. The van der Waals surface area contributed by atoms with E-state index < -0.39 is 0 Å². The maximum Gasteiger partial charge on any atom is 0.172 e. The predicted molar refractivity (Wildman–Crippen MR) is 83.1 cm³/mol. The lowest BCUT2D eigenvalue weighted by molar-refractivity contribution is 0.413. The fourth-order valence-corrected chi connectivity index (χ4v) is 2.76. The van der Waals surface area contributed by atoms with Crippen LogP contribution in [0.2, 0.25) is 0 Å². The number of benzene rings is 1. The maximum absolute atomic E-state index is 5.76. The maximum atomic E-state index is 5.76. The molecule has 5 nitrogen and oxygen atoms in total. The van der Waals surface area contributed by atoms with Gasteiger partial charge >= 0.3 is 0 Å². The molecule has 3 rings (SSSR count). The zero-order valence-electron chi connectivity index (χ0n) is 11.8. The third-order valence-corrected chi connectivity index (χ3v) is 4.04. The Morgan fingerprint density at radius 2 is 1.85 bits per heavy atom. The van der Waals surface area contributed by atoms with Gasteiger partial charge in [-0.05, 0) is 37.4 Å². The smallest absolute Gasteiger partial charge is 0.172 e. The number of nitrogens with zero attached hydrogens (tertiary/aromatic N) is 3. The molecule has 1 saturated heterocycles. The summed E-state index contributed by atoms with van der Waals surface area (Å²) >= 11 is 0. The lowest BCUT2D eigenvalue weighted by Crippen LogP contribution is -2.37. The molecule has 0 aliphatic carbocycles. The van der Waals surface area contributed by atoms with Crippen LogP contribution in [-0.4, -0.2) is 36.6 Å². The zero-order chi connectivity index (χ0) is 13.9. The molecule has 1 aromatic heterocycles. The molecule has 106 valence electrons. The topological polar surface area (TPSA) is 67.1 Å². The molecule has 2 heterocycles. The van der Waals surface area contributed by atoms with Crippen molar-refractivity contribution < 1.29 is 0 Å². The third kappa shape index (κ3) is 2.41. The molecule has 1 aromatic carbocycles. The SMILES string of the molecule is CNc1nc2ccccc2nc1N1CCC(CN)CC1. The van der Waals surface area contributed by atoms with Crippen molar-refractivity contribution in [3.05, 3.63) is 24.3 Å². The second-order valence-corrected chi connectivity index (χ2v) is 5.30. The second-order valence-electron chi connectivity index (χ2n) is 5.30. The summed E-state index contributed by atoms with van der Waals surface area (Å²) in [5, 5.41) is 3.17. The van der Waals surface area contributed by atoms with Crippen molar-refractivity contribution in [1.82, 2.24) is 9.97 Å². The highest BCUT2D eigenvalue weighted by Crippen LogP contribution is 2.28. The first-order valence-electron chi connectivity index (χ1n) is 7.21. The molecule has 0 spiro atoms. The van der Waals surface area contributed by atoms with E-state index in [1.165, 1.54) is 0 Å². The molecule has 1 aliphatic rings. The van der Waals surface area contributed by atoms with Crippen molar-refractivity contribution in [3.63, 3.8) is 0 Å². The summed E-state index contributed by atoms with van der Waals surface area (Å²) in [7, 11) is 1.90. The molecular weight excluding hydrogens is 250 g/mol. The van der Waals surface area contributed by atoms with Gasteiger partial charge < -0.3 is 16.0 Å². The molecular formula is C15H21N5. The molecule has 1 fully saturated rings. The Morgan fingerprint density at radius 3 is 2.45 bits per heavy atom. The van der Waals surface area contributed by atoms with Crippen LogP contribution in [0.5, 0.6) is 0 Å². The van der Waals surface area contributed by atoms with Crippen LogP contribution < -0.4 is 16.0 Å². The Morgan fingerprint density at radius 1 is 1.20 bits per heavy atom. The van der Waals surface area contributed by atoms with E-state index in [0.29, 0.717) is 5.92 Å². The molecule has 0 radical (unpaired) electrons. The molecule has 20 heavy (non-hydrogen) atoms. The van der Waals surface area contributed by atoms with Gasteiger partial charge in [-0.1, -0.05) is 12.1 Å². The number of para-hydroxylation sites is 2. The average molecular weight is 271 g/mol. The Balaban J connectivity index is 1.94. The van der Waals surface area contributed by atoms with Gasteiger partial charge in [0.15, 0.2) is 11.6 Å². The van der Waals surface area contributed by atoms with Crippen LogP contribution in [0.3, 0.4) is 0 Å². The normalized spacial score (nSPS) is 16.6. The average Bonchev–Trinajstić information content (AvgIpc) is 2.53. The van der Waals surface area contributed by atoms with Gasteiger partial charge in [0.2, 0.25) is 0 Å². The van der Waals surface area contributed by atoms with E-state index in [9.17, 15) is 0 Å². The lowest BCUT2D eigenvalue weighted by Gasteiger charge is -2.33. The molecule has 0 amide bonds. The number of hydrogen-bond acceptors (Lipinski definition) is 5. The molecule has 2 aromatic rings. The van der Waals surface area contributed by atoms with Gasteiger partial charge in [-0.3, -0.25) is 0 Å². The number of nitrogens with one attached hydrogen (secondary N) is 1. The van der Waals surface area contributed by atoms with Crippen molar-refractivity contribution in [2.75, 3.05) is 36.9 Å². The summed E-state index contributed by atoms with van der Waals surface area (Å²) in [4.78, 5) is 11.8. The summed E-state index contributed by atoms with van der Waals surface area (Å²) in [5.41, 5.74) is 7.63. The van der Waals surface area contributed by atoms with Crippen molar-refractivity contribution in [1.29, 1.82) is 0 Å². The Bertz CT molecular complexity index is 590. The fraction of sp³-hybridized carbons (Fsp3) is 0.467. The molecule has 3 N–H and O–H groups in total. The molecule has 0 saturated carbocycles. The van der Waals surface area contributed by atoms with E-state index in [0.717, 1.165) is 55.1 Å². The number of anilines is 2. The highest BCUT2D eigenvalue weighted by atomic mass is 15.2. The van der Waals surface area contributed by atoms with E-state index in [1.54, 1.807) is 0 Å². The number of nitrogens with two attached hydrogens (primary N) is 1. The Hall–Kier alpha value is -1.88. The van der Waals surface area contributed by atoms with Gasteiger partial charge in [0, 0.05) is 20.1 Å². The van der Waals surface area contributed by atoms with Gasteiger partial charge in [0.25, 0.3) is 0 Å². The standard InChI is InChI=1S/C15H21N5/c1-17-14-15(20-8-6-11(10-16)7-9-20)19-13-5-3-2-4-12(13)18-14/h2-5,11H,6-10,16H2,1H3,(H,17,18). The number of hydrogen-bond donors (Lipinski definition) is 2. The van der Waals surface area contributed by atoms with E-state index in [-0.39, 0.29) is 0 Å².